The number of nitrogens with one attached hydrogen (secondary N) is 2. The fraction of sp³-hybridized carbons (Fsp3) is 0.545. The van der Waals surface area contributed by atoms with Crippen LogP contribution in [0, 0.1) is 0 Å². The molecule has 1 aromatic heterocycles. The third-order valence-electron chi connectivity index (χ3n) is 3.17. The number of nitrogen functional groups attached to an aromatic ring is 1. The van der Waals surface area contributed by atoms with Crippen LogP contribution < -0.4 is 16.0 Å². The van der Waals surface area contributed by atoms with E-state index in [2.05, 4.69) is 15.1 Å². The van der Waals surface area contributed by atoms with Crippen molar-refractivity contribution in [1.82, 2.24) is 9.71 Å². The van der Waals surface area contributed by atoms with Gasteiger partial charge in [0.1, 0.15) is 4.90 Å². The van der Waals surface area contributed by atoms with E-state index in [0.717, 1.165) is 0 Å². The summed E-state index contributed by atoms with van der Waals surface area (Å²) in [5.74, 6) is 5.42. The molecule has 0 bridgehead atoms. The Morgan fingerprint density at radius 1 is 1.42 bits per heavy atom. The van der Waals surface area contributed by atoms with Gasteiger partial charge in [-0.3, -0.25) is 0 Å². The first-order valence-corrected chi connectivity index (χ1v) is 7.49. The molecule has 0 spiro atoms. The zero-order valence-electron chi connectivity index (χ0n) is 10.7. The molecule has 4 N–H and O–H groups in total. The first-order chi connectivity index (χ1) is 8.97. The maximum absolute atomic E-state index is 12.4. The summed E-state index contributed by atoms with van der Waals surface area (Å²) in [6.07, 6.45) is 2.75. The van der Waals surface area contributed by atoms with E-state index in [0.29, 0.717) is 26.1 Å². The van der Waals surface area contributed by atoms with Crippen LogP contribution in [0.2, 0.25) is 0 Å². The number of hydrogen-bond donors (Lipinski definition) is 3. The molecule has 7 nitrogen and oxygen atoms in total. The minimum atomic E-state index is -3.67. The number of hydrazine groups is 1. The minimum Gasteiger partial charge on any atom is -0.381 e. The largest absolute Gasteiger partial charge is 0.381 e. The molecule has 1 aliphatic rings. The molecule has 1 aliphatic heterocycles. The summed E-state index contributed by atoms with van der Waals surface area (Å²) in [6.45, 7) is 2.97. The summed E-state index contributed by atoms with van der Waals surface area (Å²) in [5, 5.41) is 0. The minimum absolute atomic E-state index is 0.0465. The molecule has 2 heterocycles. The van der Waals surface area contributed by atoms with Crippen LogP contribution in [0.25, 0.3) is 0 Å². The molecule has 19 heavy (non-hydrogen) atoms. The lowest BCUT2D eigenvalue weighted by atomic mass is 9.94. The monoisotopic (exact) mass is 286 g/mol. The van der Waals surface area contributed by atoms with Crippen LogP contribution in [0.5, 0.6) is 0 Å². The predicted octanol–water partition coefficient (Wildman–Crippen LogP) is 0.215. The third-order valence-corrected chi connectivity index (χ3v) is 4.84. The quantitative estimate of drug-likeness (QED) is 0.540. The second-order valence-electron chi connectivity index (χ2n) is 4.77. The summed E-state index contributed by atoms with van der Waals surface area (Å²) in [4.78, 5) is 3.95. The van der Waals surface area contributed by atoms with Gasteiger partial charge < -0.3 is 10.2 Å². The van der Waals surface area contributed by atoms with Gasteiger partial charge in [0.2, 0.25) is 10.0 Å². The lowest BCUT2D eigenvalue weighted by molar-refractivity contribution is 0.0537. The molecule has 0 unspecified atom stereocenters. The van der Waals surface area contributed by atoms with Crippen molar-refractivity contribution in [3.8, 4) is 0 Å². The van der Waals surface area contributed by atoms with Gasteiger partial charge in [-0.1, -0.05) is 0 Å². The summed E-state index contributed by atoms with van der Waals surface area (Å²) < 4.78 is 32.8. The lowest BCUT2D eigenvalue weighted by Crippen LogP contribution is -2.49. The summed E-state index contributed by atoms with van der Waals surface area (Å²) in [7, 11) is -3.67. The zero-order valence-corrected chi connectivity index (χ0v) is 11.5. The second-order valence-corrected chi connectivity index (χ2v) is 6.42. The van der Waals surface area contributed by atoms with Crippen molar-refractivity contribution in [3.05, 3.63) is 18.3 Å². The second kappa shape index (κ2) is 5.41. The van der Waals surface area contributed by atoms with Crippen LogP contribution in [0.4, 0.5) is 5.82 Å². The van der Waals surface area contributed by atoms with Crippen LogP contribution in [0.1, 0.15) is 19.8 Å². The highest BCUT2D eigenvalue weighted by molar-refractivity contribution is 7.89. The number of anilines is 1. The van der Waals surface area contributed by atoms with E-state index in [9.17, 15) is 8.42 Å². The Labute approximate surface area is 112 Å². The number of pyridine rings is 1. The average Bonchev–Trinajstić information content (AvgIpc) is 2.38. The molecule has 0 atom stereocenters. The van der Waals surface area contributed by atoms with Crippen molar-refractivity contribution in [2.45, 2.75) is 30.2 Å². The van der Waals surface area contributed by atoms with Crippen molar-refractivity contribution in [1.29, 1.82) is 0 Å². The Morgan fingerprint density at radius 2 is 2.11 bits per heavy atom. The highest BCUT2D eigenvalue weighted by atomic mass is 32.2. The van der Waals surface area contributed by atoms with Crippen LogP contribution in [-0.2, 0) is 14.8 Å². The Bertz CT molecular complexity index is 541. The highest BCUT2D eigenvalue weighted by Gasteiger charge is 2.33. The summed E-state index contributed by atoms with van der Waals surface area (Å²) >= 11 is 0. The fourth-order valence-electron chi connectivity index (χ4n) is 2.02. The van der Waals surface area contributed by atoms with Gasteiger partial charge in [0.05, 0.1) is 0 Å². The maximum atomic E-state index is 12.4. The molecule has 0 radical (unpaired) electrons. The lowest BCUT2D eigenvalue weighted by Gasteiger charge is -2.34. The standard InChI is InChI=1S/C11H18N4O3S/c1-11(4-7-18-8-5-11)15-19(16,17)9-3-2-6-13-10(9)14-12/h2-3,6,15H,4-5,7-8,12H2,1H3,(H,13,14). The number of aromatic nitrogens is 1. The Balaban J connectivity index is 2.27. The molecule has 0 amide bonds. The topological polar surface area (TPSA) is 106 Å². The van der Waals surface area contributed by atoms with Gasteiger partial charge in [-0.15, -0.1) is 0 Å². The van der Waals surface area contributed by atoms with Crippen molar-refractivity contribution >= 4 is 15.8 Å². The highest BCUT2D eigenvalue weighted by Crippen LogP contribution is 2.24. The van der Waals surface area contributed by atoms with E-state index in [1.165, 1.54) is 12.3 Å². The normalized spacial score (nSPS) is 19.1. The van der Waals surface area contributed by atoms with Crippen molar-refractivity contribution < 1.29 is 13.2 Å². The van der Waals surface area contributed by atoms with E-state index in [-0.39, 0.29) is 10.7 Å². The van der Waals surface area contributed by atoms with Crippen LogP contribution in [-0.4, -0.2) is 32.2 Å². The van der Waals surface area contributed by atoms with Crippen LogP contribution in [0.3, 0.4) is 0 Å². The molecule has 0 aliphatic carbocycles. The Hall–Kier alpha value is -1.22. The SMILES string of the molecule is CC1(NS(=O)(=O)c2cccnc2NN)CCOCC1. The van der Waals surface area contributed by atoms with E-state index >= 15 is 0 Å². The van der Waals surface area contributed by atoms with E-state index in [4.69, 9.17) is 10.6 Å². The average molecular weight is 286 g/mol. The van der Waals surface area contributed by atoms with Gasteiger partial charge in [0.15, 0.2) is 5.82 Å². The maximum Gasteiger partial charge on any atom is 0.244 e. The smallest absolute Gasteiger partial charge is 0.244 e. The van der Waals surface area contributed by atoms with Gasteiger partial charge in [-0.2, -0.15) is 0 Å². The third kappa shape index (κ3) is 3.21. The van der Waals surface area contributed by atoms with E-state index < -0.39 is 15.6 Å². The molecule has 0 aromatic carbocycles. The molecule has 106 valence electrons. The van der Waals surface area contributed by atoms with Crippen molar-refractivity contribution in [2.24, 2.45) is 5.84 Å². The number of hydrogen-bond acceptors (Lipinski definition) is 6. The molecule has 2 rings (SSSR count). The predicted molar refractivity (Wildman–Crippen MR) is 70.8 cm³/mol. The first kappa shape index (κ1) is 14.2. The fourth-order valence-corrected chi connectivity index (χ4v) is 3.61. The van der Waals surface area contributed by atoms with Crippen LogP contribution >= 0.6 is 0 Å². The van der Waals surface area contributed by atoms with Gasteiger partial charge in [-0.25, -0.2) is 24.0 Å². The number of nitrogens with two attached hydrogens (primary N) is 1. The number of ether oxygens (including phenoxy) is 1. The van der Waals surface area contributed by atoms with E-state index in [1.807, 2.05) is 6.92 Å². The first-order valence-electron chi connectivity index (χ1n) is 6.00. The molecular weight excluding hydrogens is 268 g/mol. The van der Waals surface area contributed by atoms with Crippen LogP contribution in [0.15, 0.2) is 23.2 Å². The number of nitrogens with zero attached hydrogens (tertiary/aromatic N) is 1. The molecule has 1 saturated heterocycles. The molecule has 0 saturated carbocycles. The van der Waals surface area contributed by atoms with Gasteiger partial charge in [0, 0.05) is 24.9 Å². The van der Waals surface area contributed by atoms with Gasteiger partial charge >= 0.3 is 0 Å². The number of rotatable bonds is 4. The Morgan fingerprint density at radius 3 is 2.74 bits per heavy atom. The zero-order chi connectivity index (χ0) is 13.9. The number of sulfonamides is 1. The van der Waals surface area contributed by atoms with Gasteiger partial charge in [0.25, 0.3) is 0 Å². The molecule has 1 fully saturated rings. The van der Waals surface area contributed by atoms with Crippen molar-refractivity contribution in [2.75, 3.05) is 18.6 Å². The Kier molecular flexibility index (Phi) is 4.04. The molecular formula is C11H18N4O3S. The summed E-state index contributed by atoms with van der Waals surface area (Å²) in [6, 6.07) is 3.02. The van der Waals surface area contributed by atoms with Gasteiger partial charge in [-0.05, 0) is 31.9 Å². The van der Waals surface area contributed by atoms with E-state index in [1.54, 1.807) is 6.07 Å². The molecule has 8 heteroatoms. The molecule has 1 aromatic rings. The van der Waals surface area contributed by atoms with Crippen molar-refractivity contribution in [3.63, 3.8) is 0 Å². The summed E-state index contributed by atoms with van der Waals surface area (Å²) in [5.41, 5.74) is 1.80.